The number of amides is 1. The molecule has 2 N–H and O–H groups in total. The van der Waals surface area contributed by atoms with E-state index in [1.165, 1.54) is 0 Å². The molecule has 1 saturated carbocycles. The number of hydrogen-bond donors (Lipinski definition) is 2. The molecule has 0 spiro atoms. The predicted molar refractivity (Wildman–Crippen MR) is 89.5 cm³/mol. The molecule has 1 aliphatic carbocycles. The third-order valence-electron chi connectivity index (χ3n) is 4.32. The highest BCUT2D eigenvalue weighted by Gasteiger charge is 2.31. The summed E-state index contributed by atoms with van der Waals surface area (Å²) in [5, 5.41) is 16.8. The standard InChI is InChI=1S/C17H18ClN3O3/c1-10-8-14(20-21(10)15-5-3-2-4-13(15)18)16(22)19-12-7-6-11(9-12)17(23)24/h2-5,8,11-12H,6-7,9H2,1H3,(H,19,22)(H,23,24)/t11-,12+/m0/s1. The van der Waals surface area contributed by atoms with Crippen LogP contribution in [-0.2, 0) is 4.79 Å². The Morgan fingerprint density at radius 1 is 1.33 bits per heavy atom. The Balaban J connectivity index is 1.74. The number of carboxylic acids is 1. The van der Waals surface area contributed by atoms with Gasteiger partial charge in [0.2, 0.25) is 0 Å². The number of nitrogens with zero attached hydrogens (tertiary/aromatic N) is 2. The van der Waals surface area contributed by atoms with Crippen LogP contribution in [0.1, 0.15) is 35.4 Å². The minimum absolute atomic E-state index is 0.121. The van der Waals surface area contributed by atoms with Gasteiger partial charge in [0.05, 0.1) is 16.6 Å². The number of para-hydroxylation sites is 1. The van der Waals surface area contributed by atoms with Crippen molar-refractivity contribution in [3.8, 4) is 5.69 Å². The van der Waals surface area contributed by atoms with Gasteiger partial charge in [-0.05, 0) is 44.4 Å². The lowest BCUT2D eigenvalue weighted by molar-refractivity contribution is -0.141. The molecule has 1 amide bonds. The van der Waals surface area contributed by atoms with E-state index in [9.17, 15) is 9.59 Å². The van der Waals surface area contributed by atoms with Crippen LogP contribution in [0, 0.1) is 12.8 Å². The Bertz CT molecular complexity index is 787. The first-order valence-electron chi connectivity index (χ1n) is 7.81. The molecule has 1 aromatic carbocycles. The smallest absolute Gasteiger partial charge is 0.306 e. The van der Waals surface area contributed by atoms with Gasteiger partial charge >= 0.3 is 5.97 Å². The summed E-state index contributed by atoms with van der Waals surface area (Å²) in [7, 11) is 0. The van der Waals surface area contributed by atoms with E-state index in [1.807, 2.05) is 25.1 Å². The summed E-state index contributed by atoms with van der Waals surface area (Å²) in [4.78, 5) is 23.4. The molecule has 0 radical (unpaired) electrons. The average Bonchev–Trinajstić information content (AvgIpc) is 3.15. The number of carbonyl (C=O) groups excluding carboxylic acids is 1. The second-order valence-electron chi connectivity index (χ2n) is 6.05. The number of carbonyl (C=O) groups is 2. The molecular formula is C17H18ClN3O3. The minimum atomic E-state index is -0.800. The van der Waals surface area contributed by atoms with Crippen LogP contribution >= 0.6 is 11.6 Å². The second-order valence-corrected chi connectivity index (χ2v) is 6.46. The summed E-state index contributed by atoms with van der Waals surface area (Å²) in [5.74, 6) is -1.47. The molecule has 1 heterocycles. The maximum absolute atomic E-state index is 12.4. The maximum atomic E-state index is 12.4. The fraction of sp³-hybridized carbons (Fsp3) is 0.353. The number of rotatable bonds is 4. The van der Waals surface area contributed by atoms with E-state index in [0.29, 0.717) is 35.7 Å². The van der Waals surface area contributed by atoms with Gasteiger partial charge in [-0.3, -0.25) is 9.59 Å². The molecule has 1 aromatic heterocycles. The zero-order valence-corrected chi connectivity index (χ0v) is 14.0. The minimum Gasteiger partial charge on any atom is -0.481 e. The summed E-state index contributed by atoms with van der Waals surface area (Å²) in [6.07, 6.45) is 1.73. The largest absolute Gasteiger partial charge is 0.481 e. The number of benzene rings is 1. The van der Waals surface area contributed by atoms with E-state index in [0.717, 1.165) is 5.69 Å². The summed E-state index contributed by atoms with van der Waals surface area (Å²) in [6.45, 7) is 1.85. The highest BCUT2D eigenvalue weighted by atomic mass is 35.5. The molecule has 2 atom stereocenters. The van der Waals surface area contributed by atoms with Gasteiger partial charge in [-0.15, -0.1) is 0 Å². The van der Waals surface area contributed by atoms with Crippen LogP contribution in [0.25, 0.3) is 5.69 Å². The van der Waals surface area contributed by atoms with Crippen molar-refractivity contribution in [3.05, 3.63) is 46.7 Å². The summed E-state index contributed by atoms with van der Waals surface area (Å²) >= 11 is 6.19. The monoisotopic (exact) mass is 347 g/mol. The topological polar surface area (TPSA) is 84.2 Å². The molecule has 0 unspecified atom stereocenters. The Morgan fingerprint density at radius 3 is 2.75 bits per heavy atom. The molecular weight excluding hydrogens is 330 g/mol. The molecule has 1 aliphatic rings. The number of hydrogen-bond acceptors (Lipinski definition) is 3. The van der Waals surface area contributed by atoms with E-state index in [4.69, 9.17) is 16.7 Å². The van der Waals surface area contributed by atoms with E-state index in [2.05, 4.69) is 10.4 Å². The highest BCUT2D eigenvalue weighted by Crippen LogP contribution is 2.26. The van der Waals surface area contributed by atoms with Crippen LogP contribution in [0.4, 0.5) is 0 Å². The SMILES string of the molecule is Cc1cc(C(=O)N[C@@H]2CC[C@H](C(=O)O)C2)nn1-c1ccccc1Cl. The van der Waals surface area contributed by atoms with Crippen LogP contribution in [0.2, 0.25) is 5.02 Å². The van der Waals surface area contributed by atoms with Crippen molar-refractivity contribution in [2.75, 3.05) is 0 Å². The summed E-state index contributed by atoms with van der Waals surface area (Å²) in [6, 6.07) is 8.86. The Morgan fingerprint density at radius 2 is 2.08 bits per heavy atom. The van der Waals surface area contributed by atoms with E-state index in [1.54, 1.807) is 16.8 Å². The number of aromatic nitrogens is 2. The van der Waals surface area contributed by atoms with Gasteiger partial charge in [0.25, 0.3) is 5.91 Å². The first-order chi connectivity index (χ1) is 11.5. The zero-order valence-electron chi connectivity index (χ0n) is 13.2. The van der Waals surface area contributed by atoms with Gasteiger partial charge in [0, 0.05) is 11.7 Å². The lowest BCUT2D eigenvalue weighted by Gasteiger charge is -2.11. The van der Waals surface area contributed by atoms with Crippen molar-refractivity contribution >= 4 is 23.5 Å². The summed E-state index contributed by atoms with van der Waals surface area (Å²) in [5.41, 5.74) is 1.80. The lowest BCUT2D eigenvalue weighted by atomic mass is 10.1. The van der Waals surface area contributed by atoms with Gasteiger partial charge in [-0.1, -0.05) is 23.7 Å². The molecule has 7 heteroatoms. The van der Waals surface area contributed by atoms with Gasteiger partial charge in [0.15, 0.2) is 5.69 Å². The van der Waals surface area contributed by atoms with Crippen molar-refractivity contribution in [1.82, 2.24) is 15.1 Å². The first kappa shape index (κ1) is 16.5. The van der Waals surface area contributed by atoms with Crippen molar-refractivity contribution in [1.29, 1.82) is 0 Å². The van der Waals surface area contributed by atoms with Crippen molar-refractivity contribution in [2.24, 2.45) is 5.92 Å². The van der Waals surface area contributed by atoms with Gasteiger partial charge < -0.3 is 10.4 Å². The molecule has 126 valence electrons. The normalized spacial score (nSPS) is 20.1. The van der Waals surface area contributed by atoms with Crippen LogP contribution in [0.3, 0.4) is 0 Å². The molecule has 0 bridgehead atoms. The fourth-order valence-corrected chi connectivity index (χ4v) is 3.26. The van der Waals surface area contributed by atoms with Crippen molar-refractivity contribution in [2.45, 2.75) is 32.2 Å². The van der Waals surface area contributed by atoms with E-state index in [-0.39, 0.29) is 17.9 Å². The highest BCUT2D eigenvalue weighted by molar-refractivity contribution is 6.32. The van der Waals surface area contributed by atoms with Crippen LogP contribution in [0.15, 0.2) is 30.3 Å². The molecule has 6 nitrogen and oxygen atoms in total. The van der Waals surface area contributed by atoms with Crippen LogP contribution in [0.5, 0.6) is 0 Å². The Kier molecular flexibility index (Phi) is 4.57. The molecule has 0 saturated heterocycles. The molecule has 24 heavy (non-hydrogen) atoms. The van der Waals surface area contributed by atoms with Gasteiger partial charge in [0.1, 0.15) is 0 Å². The molecule has 1 fully saturated rings. The quantitative estimate of drug-likeness (QED) is 0.890. The van der Waals surface area contributed by atoms with Crippen molar-refractivity contribution < 1.29 is 14.7 Å². The summed E-state index contributed by atoms with van der Waals surface area (Å²) < 4.78 is 1.63. The lowest BCUT2D eigenvalue weighted by Crippen LogP contribution is -2.33. The number of aryl methyl sites for hydroxylation is 1. The van der Waals surface area contributed by atoms with Crippen LogP contribution < -0.4 is 5.32 Å². The first-order valence-corrected chi connectivity index (χ1v) is 8.18. The van der Waals surface area contributed by atoms with E-state index < -0.39 is 5.97 Å². The molecule has 2 aromatic rings. The second kappa shape index (κ2) is 6.65. The Labute approximate surface area is 144 Å². The van der Waals surface area contributed by atoms with Crippen LogP contribution in [-0.4, -0.2) is 32.8 Å². The predicted octanol–water partition coefficient (Wildman–Crippen LogP) is 2.82. The molecule has 3 rings (SSSR count). The molecule has 0 aliphatic heterocycles. The third-order valence-corrected chi connectivity index (χ3v) is 4.64. The third kappa shape index (κ3) is 3.28. The average molecular weight is 348 g/mol. The maximum Gasteiger partial charge on any atom is 0.306 e. The number of nitrogens with one attached hydrogen (secondary N) is 1. The fourth-order valence-electron chi connectivity index (χ4n) is 3.05. The zero-order chi connectivity index (χ0) is 17.3. The van der Waals surface area contributed by atoms with Gasteiger partial charge in [-0.25, -0.2) is 4.68 Å². The van der Waals surface area contributed by atoms with E-state index >= 15 is 0 Å². The van der Waals surface area contributed by atoms with Crippen molar-refractivity contribution in [3.63, 3.8) is 0 Å². The Hall–Kier alpha value is -2.34. The number of carboxylic acid groups (broad SMARTS) is 1. The number of aliphatic carboxylic acids is 1. The van der Waals surface area contributed by atoms with Gasteiger partial charge in [-0.2, -0.15) is 5.10 Å². The number of halogens is 1.